The fraction of sp³-hybridized carbons (Fsp3) is 0.444. The van der Waals surface area contributed by atoms with Gasteiger partial charge >= 0.3 is 12.1 Å². The number of benzene rings is 1. The Morgan fingerprint density at radius 2 is 2.00 bits per heavy atom. The number of aliphatic carboxylic acids is 1. The average molecular weight is 333 g/mol. The minimum Gasteiger partial charge on any atom is -0.481 e. The van der Waals surface area contributed by atoms with Crippen LogP contribution in [0.15, 0.2) is 43.0 Å². The lowest BCUT2D eigenvalue weighted by Gasteiger charge is -2.34. The molecule has 0 unspecified atom stereocenters. The van der Waals surface area contributed by atoms with Gasteiger partial charge in [-0.25, -0.2) is 4.79 Å². The number of ether oxygens (including phenoxy) is 2. The highest BCUT2D eigenvalue weighted by Crippen LogP contribution is 2.24. The molecule has 3 atom stereocenters. The highest BCUT2D eigenvalue weighted by atomic mass is 16.5. The predicted molar refractivity (Wildman–Crippen MR) is 88.5 cm³/mol. The van der Waals surface area contributed by atoms with Crippen molar-refractivity contribution < 1.29 is 24.2 Å². The van der Waals surface area contributed by atoms with Crippen LogP contribution in [0.25, 0.3) is 0 Å². The molecule has 1 aliphatic rings. The van der Waals surface area contributed by atoms with Crippen molar-refractivity contribution in [1.29, 1.82) is 0 Å². The third-order valence-corrected chi connectivity index (χ3v) is 3.85. The molecular weight excluding hydrogens is 310 g/mol. The number of alkyl carbamates (subject to hydrolysis) is 1. The number of hydrogen-bond acceptors (Lipinski definition) is 4. The highest BCUT2D eigenvalue weighted by molar-refractivity contribution is 5.68. The second-order valence-electron chi connectivity index (χ2n) is 5.88. The van der Waals surface area contributed by atoms with Crippen LogP contribution in [-0.4, -0.2) is 35.4 Å². The van der Waals surface area contributed by atoms with Crippen molar-refractivity contribution in [3.63, 3.8) is 0 Å². The molecule has 1 heterocycles. The number of carboxylic acid groups (broad SMARTS) is 1. The van der Waals surface area contributed by atoms with Gasteiger partial charge in [-0.2, -0.15) is 0 Å². The molecule has 130 valence electrons. The Morgan fingerprint density at radius 3 is 2.67 bits per heavy atom. The summed E-state index contributed by atoms with van der Waals surface area (Å²) in [6.45, 7) is 3.88. The van der Waals surface area contributed by atoms with Crippen LogP contribution in [-0.2, 0) is 20.9 Å². The average Bonchev–Trinajstić information content (AvgIpc) is 2.53. The first-order valence-electron chi connectivity index (χ1n) is 8.02. The molecule has 2 N–H and O–H groups in total. The minimum atomic E-state index is -0.912. The van der Waals surface area contributed by atoms with Gasteiger partial charge in [0.05, 0.1) is 18.6 Å². The van der Waals surface area contributed by atoms with Gasteiger partial charge in [0.15, 0.2) is 0 Å². The molecule has 0 aromatic heterocycles. The van der Waals surface area contributed by atoms with E-state index >= 15 is 0 Å². The molecule has 6 nitrogen and oxygen atoms in total. The number of amides is 1. The molecule has 0 bridgehead atoms. The predicted octanol–water partition coefficient (Wildman–Crippen LogP) is 2.88. The molecule has 0 aliphatic carbocycles. The third kappa shape index (κ3) is 6.04. The van der Waals surface area contributed by atoms with Crippen LogP contribution in [0.2, 0.25) is 0 Å². The highest BCUT2D eigenvalue weighted by Gasteiger charge is 2.31. The van der Waals surface area contributed by atoms with Crippen LogP contribution in [0.5, 0.6) is 0 Å². The van der Waals surface area contributed by atoms with Crippen molar-refractivity contribution in [2.24, 2.45) is 0 Å². The second kappa shape index (κ2) is 9.08. The summed E-state index contributed by atoms with van der Waals surface area (Å²) in [5.74, 6) is -0.912. The van der Waals surface area contributed by atoms with Gasteiger partial charge in [0.1, 0.15) is 6.61 Å². The normalized spacial score (nSPS) is 23.2. The zero-order valence-electron chi connectivity index (χ0n) is 13.5. The molecule has 0 spiro atoms. The number of carbonyl (C=O) groups excluding carboxylic acids is 1. The monoisotopic (exact) mass is 333 g/mol. The first-order valence-corrected chi connectivity index (χ1v) is 8.02. The van der Waals surface area contributed by atoms with Crippen LogP contribution in [0, 0.1) is 0 Å². The van der Waals surface area contributed by atoms with Crippen molar-refractivity contribution in [2.75, 3.05) is 0 Å². The lowest BCUT2D eigenvalue weighted by Crippen LogP contribution is -2.46. The van der Waals surface area contributed by atoms with Gasteiger partial charge in [0.2, 0.25) is 0 Å². The van der Waals surface area contributed by atoms with E-state index in [1.807, 2.05) is 30.3 Å². The summed E-state index contributed by atoms with van der Waals surface area (Å²) >= 11 is 0. The summed E-state index contributed by atoms with van der Waals surface area (Å²) in [4.78, 5) is 22.9. The quantitative estimate of drug-likeness (QED) is 0.750. The maximum absolute atomic E-state index is 12.0. The molecule has 1 aromatic carbocycles. The van der Waals surface area contributed by atoms with Gasteiger partial charge < -0.3 is 19.9 Å². The first kappa shape index (κ1) is 18.0. The Kier molecular flexibility index (Phi) is 6.81. The van der Waals surface area contributed by atoms with Crippen molar-refractivity contribution in [2.45, 2.75) is 50.5 Å². The van der Waals surface area contributed by atoms with Crippen molar-refractivity contribution in [3.8, 4) is 0 Å². The largest absolute Gasteiger partial charge is 0.481 e. The van der Waals surface area contributed by atoms with E-state index in [9.17, 15) is 9.59 Å². The van der Waals surface area contributed by atoms with Crippen LogP contribution in [0.3, 0.4) is 0 Å². The minimum absolute atomic E-state index is 0.0785. The summed E-state index contributed by atoms with van der Waals surface area (Å²) in [5, 5.41) is 11.8. The summed E-state index contributed by atoms with van der Waals surface area (Å²) < 4.78 is 10.9. The van der Waals surface area contributed by atoms with E-state index in [1.54, 1.807) is 6.08 Å². The molecule has 1 aromatic rings. The molecule has 6 heteroatoms. The molecule has 0 radical (unpaired) electrons. The molecule has 1 aliphatic heterocycles. The van der Waals surface area contributed by atoms with Gasteiger partial charge in [0.25, 0.3) is 0 Å². The summed E-state index contributed by atoms with van der Waals surface area (Å²) in [5.41, 5.74) is 0.910. The fourth-order valence-corrected chi connectivity index (χ4v) is 2.83. The van der Waals surface area contributed by atoms with E-state index in [-0.39, 0.29) is 25.2 Å². The summed E-state index contributed by atoms with van der Waals surface area (Å²) in [7, 11) is 0. The van der Waals surface area contributed by atoms with E-state index < -0.39 is 18.2 Å². The van der Waals surface area contributed by atoms with Crippen molar-refractivity contribution in [3.05, 3.63) is 48.6 Å². The van der Waals surface area contributed by atoms with Gasteiger partial charge in [0, 0.05) is 6.04 Å². The fourth-order valence-electron chi connectivity index (χ4n) is 2.83. The number of nitrogens with one attached hydrogen (secondary N) is 1. The lowest BCUT2D eigenvalue weighted by molar-refractivity contribution is -0.143. The Balaban J connectivity index is 1.85. The molecule has 1 saturated heterocycles. The Labute approximate surface area is 141 Å². The number of carboxylic acids is 1. The van der Waals surface area contributed by atoms with Gasteiger partial charge in [-0.3, -0.25) is 4.79 Å². The zero-order chi connectivity index (χ0) is 17.4. The van der Waals surface area contributed by atoms with Gasteiger partial charge in [-0.15, -0.1) is 6.58 Å². The standard InChI is InChI=1S/C18H23NO5/c1-2-6-15-9-14(10-16(24-15)11-17(20)21)19-18(22)23-12-13-7-4-3-5-8-13/h2-5,7-8,14-16H,1,6,9-12H2,(H,19,22)(H,20,21)/t14-,15-,16-/m0/s1. The third-order valence-electron chi connectivity index (χ3n) is 3.85. The summed E-state index contributed by atoms with van der Waals surface area (Å²) in [6.07, 6.45) is 2.29. The van der Waals surface area contributed by atoms with Crippen LogP contribution in [0.4, 0.5) is 4.79 Å². The van der Waals surface area contributed by atoms with Crippen molar-refractivity contribution in [1.82, 2.24) is 5.32 Å². The van der Waals surface area contributed by atoms with E-state index in [2.05, 4.69) is 11.9 Å². The molecule has 24 heavy (non-hydrogen) atoms. The van der Waals surface area contributed by atoms with E-state index in [0.717, 1.165) is 5.56 Å². The molecule has 1 fully saturated rings. The van der Waals surface area contributed by atoms with Crippen LogP contribution >= 0.6 is 0 Å². The van der Waals surface area contributed by atoms with E-state index in [4.69, 9.17) is 14.6 Å². The SMILES string of the molecule is C=CC[C@H]1C[C@H](NC(=O)OCc2ccccc2)C[C@@H](CC(=O)O)O1. The Hall–Kier alpha value is -2.34. The zero-order valence-corrected chi connectivity index (χ0v) is 13.5. The Bertz CT molecular complexity index is 560. The van der Waals surface area contributed by atoms with Gasteiger partial charge in [-0.05, 0) is 24.8 Å². The topological polar surface area (TPSA) is 84.9 Å². The second-order valence-corrected chi connectivity index (χ2v) is 5.88. The summed E-state index contributed by atoms with van der Waals surface area (Å²) in [6, 6.07) is 9.25. The van der Waals surface area contributed by atoms with Crippen LogP contribution in [0.1, 0.15) is 31.2 Å². The van der Waals surface area contributed by atoms with Crippen molar-refractivity contribution >= 4 is 12.1 Å². The molecule has 2 rings (SSSR count). The molecule has 1 amide bonds. The first-order chi connectivity index (χ1) is 11.6. The van der Waals surface area contributed by atoms with Crippen LogP contribution < -0.4 is 5.32 Å². The number of carbonyl (C=O) groups is 2. The smallest absolute Gasteiger partial charge is 0.407 e. The lowest BCUT2D eigenvalue weighted by atomic mass is 9.95. The van der Waals surface area contributed by atoms with Gasteiger partial charge in [-0.1, -0.05) is 36.4 Å². The van der Waals surface area contributed by atoms with E-state index in [1.165, 1.54) is 0 Å². The maximum atomic E-state index is 12.0. The maximum Gasteiger partial charge on any atom is 0.407 e. The molecule has 0 saturated carbocycles. The Morgan fingerprint density at radius 1 is 1.29 bits per heavy atom. The molecular formula is C18H23NO5. The number of rotatable bonds is 7. The number of hydrogen-bond donors (Lipinski definition) is 2. The van der Waals surface area contributed by atoms with E-state index in [0.29, 0.717) is 19.3 Å².